The van der Waals surface area contributed by atoms with Crippen LogP contribution in [-0.2, 0) is 10.0 Å². The Bertz CT molecular complexity index is 1060. The quantitative estimate of drug-likeness (QED) is 0.751. The van der Waals surface area contributed by atoms with Gasteiger partial charge >= 0.3 is 0 Å². The van der Waals surface area contributed by atoms with Crippen molar-refractivity contribution in [3.8, 4) is 0 Å². The van der Waals surface area contributed by atoms with Gasteiger partial charge < -0.3 is 14.9 Å². The molecule has 0 radical (unpaired) electrons. The van der Waals surface area contributed by atoms with Crippen molar-refractivity contribution in [2.45, 2.75) is 11.8 Å². The number of benzene rings is 2. The van der Waals surface area contributed by atoms with Crippen LogP contribution >= 0.6 is 0 Å². The number of carbonyl (C=O) groups is 1. The number of hydrogen-bond donors (Lipinski definition) is 2. The number of hydrogen-bond acceptors (Lipinski definition) is 4. The molecule has 24 heavy (non-hydrogen) atoms. The van der Waals surface area contributed by atoms with Gasteiger partial charge in [0.2, 0.25) is 0 Å². The van der Waals surface area contributed by atoms with E-state index < -0.39 is 21.8 Å². The Labute approximate surface area is 137 Å². The molecule has 0 aliphatic carbocycles. The van der Waals surface area contributed by atoms with E-state index in [9.17, 15) is 22.7 Å². The van der Waals surface area contributed by atoms with E-state index in [-0.39, 0.29) is 21.8 Å². The number of rotatable bonds is 4. The fourth-order valence-corrected chi connectivity index (χ4v) is 3.56. The van der Waals surface area contributed by atoms with Gasteiger partial charge in [-0.05, 0) is 36.8 Å². The number of anilines is 1. The van der Waals surface area contributed by atoms with E-state index in [1.807, 2.05) is 0 Å². The normalized spacial score (nSPS) is 11.6. The average Bonchev–Trinajstić information content (AvgIpc) is 2.88. The molecule has 3 rings (SSSR count). The third kappa shape index (κ3) is 2.71. The van der Waals surface area contributed by atoms with Gasteiger partial charge in [-0.15, -0.1) is 0 Å². The topological polar surface area (TPSA) is 102 Å². The molecule has 0 amide bonds. The van der Waals surface area contributed by atoms with Gasteiger partial charge in [0.25, 0.3) is 10.0 Å². The van der Waals surface area contributed by atoms with Crippen LogP contribution in [-0.4, -0.2) is 19.4 Å². The second-order valence-electron chi connectivity index (χ2n) is 5.22. The third-order valence-electron chi connectivity index (χ3n) is 3.59. The SMILES string of the molecule is Cc1cc(S(=O)(=O)Nc2c(C(=O)[O-])[nH]c3ccccc23)ccc1F. The monoisotopic (exact) mass is 347 g/mol. The first-order valence-electron chi connectivity index (χ1n) is 6.90. The van der Waals surface area contributed by atoms with Crippen molar-refractivity contribution in [2.75, 3.05) is 4.72 Å². The van der Waals surface area contributed by atoms with E-state index in [1.54, 1.807) is 24.3 Å². The smallest absolute Gasteiger partial charge is 0.261 e. The lowest BCUT2D eigenvalue weighted by molar-refractivity contribution is -0.255. The van der Waals surface area contributed by atoms with Crippen molar-refractivity contribution in [2.24, 2.45) is 0 Å². The first kappa shape index (κ1) is 16.0. The van der Waals surface area contributed by atoms with Gasteiger partial charge in [-0.3, -0.25) is 4.72 Å². The summed E-state index contributed by atoms with van der Waals surface area (Å²) < 4.78 is 40.6. The fourth-order valence-electron chi connectivity index (χ4n) is 2.38. The van der Waals surface area contributed by atoms with Crippen LogP contribution in [0.4, 0.5) is 10.1 Å². The molecule has 1 heterocycles. The largest absolute Gasteiger partial charge is 0.543 e. The lowest BCUT2D eigenvalue weighted by atomic mass is 10.2. The van der Waals surface area contributed by atoms with Gasteiger partial charge in [0.1, 0.15) is 5.82 Å². The highest BCUT2D eigenvalue weighted by Gasteiger charge is 2.20. The van der Waals surface area contributed by atoms with E-state index in [1.165, 1.54) is 13.0 Å². The van der Waals surface area contributed by atoms with Gasteiger partial charge in [0, 0.05) is 10.9 Å². The maximum atomic E-state index is 13.3. The third-order valence-corrected chi connectivity index (χ3v) is 4.93. The van der Waals surface area contributed by atoms with Crippen molar-refractivity contribution >= 4 is 32.6 Å². The van der Waals surface area contributed by atoms with Crippen LogP contribution in [0, 0.1) is 12.7 Å². The Balaban J connectivity index is 2.13. The summed E-state index contributed by atoms with van der Waals surface area (Å²) in [5.74, 6) is -2.07. The van der Waals surface area contributed by atoms with E-state index in [0.29, 0.717) is 10.9 Å². The number of halogens is 1. The molecule has 3 aromatic rings. The van der Waals surface area contributed by atoms with Crippen molar-refractivity contribution in [1.82, 2.24) is 4.98 Å². The number of aromatic carboxylic acids is 1. The van der Waals surface area contributed by atoms with Gasteiger partial charge in [0.05, 0.1) is 22.2 Å². The summed E-state index contributed by atoms with van der Waals surface area (Å²) in [4.78, 5) is 13.7. The van der Waals surface area contributed by atoms with E-state index in [4.69, 9.17) is 0 Å². The molecule has 0 spiro atoms. The second-order valence-corrected chi connectivity index (χ2v) is 6.91. The molecular weight excluding hydrogens is 335 g/mol. The van der Waals surface area contributed by atoms with E-state index in [0.717, 1.165) is 12.1 Å². The molecule has 2 aromatic carbocycles. The summed E-state index contributed by atoms with van der Waals surface area (Å²) in [5.41, 5.74) is 0.118. The first-order valence-corrected chi connectivity index (χ1v) is 8.39. The molecular formula is C16H12FN2O4S-. The summed E-state index contributed by atoms with van der Waals surface area (Å²) in [6.45, 7) is 1.44. The number of aryl methyl sites for hydroxylation is 1. The number of aromatic nitrogens is 1. The standard InChI is InChI=1S/C16H13FN2O4S/c1-9-8-10(6-7-12(9)17)24(22,23)19-14-11-4-2-3-5-13(11)18-15(14)16(20)21/h2-8,18-19H,1H3,(H,20,21)/p-1. The average molecular weight is 347 g/mol. The van der Waals surface area contributed by atoms with Gasteiger partial charge in [0.15, 0.2) is 0 Å². The number of para-hydroxylation sites is 1. The van der Waals surface area contributed by atoms with Crippen molar-refractivity contribution in [1.29, 1.82) is 0 Å². The summed E-state index contributed by atoms with van der Waals surface area (Å²) in [5, 5.41) is 11.7. The molecule has 0 aliphatic heterocycles. The molecule has 2 N–H and O–H groups in total. The molecule has 0 fully saturated rings. The molecule has 0 saturated carbocycles. The number of H-pyrrole nitrogens is 1. The Morgan fingerprint density at radius 3 is 2.58 bits per heavy atom. The second kappa shape index (κ2) is 5.64. The number of sulfonamides is 1. The number of fused-ring (bicyclic) bond motifs is 1. The Morgan fingerprint density at radius 1 is 1.21 bits per heavy atom. The van der Waals surface area contributed by atoms with Crippen LogP contribution in [0.2, 0.25) is 0 Å². The molecule has 1 aromatic heterocycles. The zero-order chi connectivity index (χ0) is 17.5. The molecule has 0 unspecified atom stereocenters. The highest BCUT2D eigenvalue weighted by atomic mass is 32.2. The predicted molar refractivity (Wildman–Crippen MR) is 84.6 cm³/mol. The zero-order valence-electron chi connectivity index (χ0n) is 12.5. The van der Waals surface area contributed by atoms with Crippen molar-refractivity contribution in [3.05, 3.63) is 59.5 Å². The highest BCUT2D eigenvalue weighted by Crippen LogP contribution is 2.29. The lowest BCUT2D eigenvalue weighted by Gasteiger charge is -2.11. The van der Waals surface area contributed by atoms with Crippen LogP contribution in [0.3, 0.4) is 0 Å². The minimum atomic E-state index is -4.10. The van der Waals surface area contributed by atoms with Crippen LogP contribution < -0.4 is 9.83 Å². The molecule has 6 nitrogen and oxygen atoms in total. The summed E-state index contributed by atoms with van der Waals surface area (Å²) in [7, 11) is -4.10. The Kier molecular flexibility index (Phi) is 3.76. The van der Waals surface area contributed by atoms with E-state index >= 15 is 0 Å². The number of carboxylic acids is 1. The summed E-state index contributed by atoms with van der Waals surface area (Å²) in [6, 6.07) is 9.84. The summed E-state index contributed by atoms with van der Waals surface area (Å²) in [6.07, 6.45) is 0. The highest BCUT2D eigenvalue weighted by molar-refractivity contribution is 7.92. The van der Waals surface area contributed by atoms with Crippen LogP contribution in [0.25, 0.3) is 10.9 Å². The number of carboxylic acid groups (broad SMARTS) is 1. The molecule has 0 atom stereocenters. The van der Waals surface area contributed by atoms with Crippen LogP contribution in [0.5, 0.6) is 0 Å². The summed E-state index contributed by atoms with van der Waals surface area (Å²) >= 11 is 0. The minimum absolute atomic E-state index is 0.118. The molecule has 124 valence electrons. The van der Waals surface area contributed by atoms with Crippen LogP contribution in [0.1, 0.15) is 16.1 Å². The minimum Gasteiger partial charge on any atom is -0.543 e. The molecule has 8 heteroatoms. The Morgan fingerprint density at radius 2 is 1.92 bits per heavy atom. The molecule has 0 bridgehead atoms. The van der Waals surface area contributed by atoms with Gasteiger partial charge in [-0.1, -0.05) is 18.2 Å². The number of nitrogens with one attached hydrogen (secondary N) is 2. The number of aromatic amines is 1. The van der Waals surface area contributed by atoms with Crippen LogP contribution in [0.15, 0.2) is 47.4 Å². The van der Waals surface area contributed by atoms with E-state index in [2.05, 4.69) is 9.71 Å². The predicted octanol–water partition coefficient (Wildman–Crippen LogP) is 1.78. The Hall–Kier alpha value is -2.87. The fraction of sp³-hybridized carbons (Fsp3) is 0.0625. The van der Waals surface area contributed by atoms with Crippen molar-refractivity contribution in [3.63, 3.8) is 0 Å². The van der Waals surface area contributed by atoms with Gasteiger partial charge in [-0.25, -0.2) is 12.8 Å². The zero-order valence-corrected chi connectivity index (χ0v) is 13.3. The van der Waals surface area contributed by atoms with Crippen molar-refractivity contribution < 1.29 is 22.7 Å². The maximum Gasteiger partial charge on any atom is 0.261 e. The first-order chi connectivity index (χ1) is 11.3. The van der Waals surface area contributed by atoms with Gasteiger partial charge in [-0.2, -0.15) is 0 Å². The maximum absolute atomic E-state index is 13.3. The number of carbonyl (C=O) groups excluding carboxylic acids is 1. The molecule has 0 aliphatic rings. The molecule has 0 saturated heterocycles. The lowest BCUT2D eigenvalue weighted by Crippen LogP contribution is -2.25.